The molecular weight excluding hydrogens is 562 g/mol. The first-order valence-corrected chi connectivity index (χ1v) is 16.0. The van der Waals surface area contributed by atoms with Crippen molar-refractivity contribution < 1.29 is 19.1 Å². The molecule has 3 aromatic rings. The SMILES string of the molecule is C=Cc1cccc(C(C(=O)Nc2ccc3ccccc3c2)N(C(=O)C(CC(C)C)NC(=O)OC(C)(C)C)C(C)CCC(C)C)c1. The molecule has 0 saturated heterocycles. The number of benzene rings is 3. The van der Waals surface area contributed by atoms with Gasteiger partial charge in [0.1, 0.15) is 17.7 Å². The van der Waals surface area contributed by atoms with Gasteiger partial charge >= 0.3 is 6.09 Å². The summed E-state index contributed by atoms with van der Waals surface area (Å²) in [6.45, 7) is 19.5. The molecule has 3 amide bonds. The Kier molecular flexibility index (Phi) is 12.4. The zero-order valence-electron chi connectivity index (χ0n) is 28.2. The molecule has 242 valence electrons. The van der Waals surface area contributed by atoms with Gasteiger partial charge in [-0.1, -0.05) is 88.9 Å². The van der Waals surface area contributed by atoms with E-state index in [2.05, 4.69) is 31.1 Å². The number of nitrogens with zero attached hydrogens (tertiary/aromatic N) is 1. The molecule has 0 aliphatic carbocycles. The number of hydrogen-bond donors (Lipinski definition) is 2. The van der Waals surface area contributed by atoms with Gasteiger partial charge in [-0.25, -0.2) is 4.79 Å². The van der Waals surface area contributed by atoms with Gasteiger partial charge in [0.25, 0.3) is 5.91 Å². The summed E-state index contributed by atoms with van der Waals surface area (Å²) >= 11 is 0. The Balaban J connectivity index is 2.13. The average molecular weight is 614 g/mol. The van der Waals surface area contributed by atoms with Gasteiger partial charge in [-0.15, -0.1) is 0 Å². The normalized spacial score (nSPS) is 13.6. The van der Waals surface area contributed by atoms with E-state index in [1.807, 2.05) is 87.5 Å². The Hall–Kier alpha value is -4.13. The molecule has 0 bridgehead atoms. The standard InChI is InChI=1S/C38H51N3O4/c1-10-28-14-13-17-31(23-28)34(35(42)39-32-21-20-29-15-11-12-16-30(29)24-32)41(27(6)19-18-25(2)3)36(43)33(22-26(4)5)40-37(44)45-38(7,8)9/h10-17,20-21,23-27,33-34H,1,18-19,22H2,2-9H3,(H,39,42)(H,40,44). The van der Waals surface area contributed by atoms with Crippen LogP contribution in [0, 0.1) is 11.8 Å². The highest BCUT2D eigenvalue weighted by Crippen LogP contribution is 2.31. The number of anilines is 1. The van der Waals surface area contributed by atoms with E-state index in [1.165, 1.54) is 0 Å². The van der Waals surface area contributed by atoms with Gasteiger partial charge in [0, 0.05) is 11.7 Å². The third-order valence-electron chi connectivity index (χ3n) is 7.59. The van der Waals surface area contributed by atoms with Crippen molar-refractivity contribution in [3.63, 3.8) is 0 Å². The molecule has 0 radical (unpaired) electrons. The van der Waals surface area contributed by atoms with E-state index in [0.717, 1.165) is 22.8 Å². The fraction of sp³-hybridized carbons (Fsp3) is 0.447. The van der Waals surface area contributed by atoms with E-state index in [9.17, 15) is 14.4 Å². The van der Waals surface area contributed by atoms with Gasteiger partial charge in [0.15, 0.2) is 0 Å². The molecule has 7 nitrogen and oxygen atoms in total. The van der Waals surface area contributed by atoms with Crippen LogP contribution in [0.3, 0.4) is 0 Å². The van der Waals surface area contributed by atoms with E-state index in [4.69, 9.17) is 4.74 Å². The fourth-order valence-electron chi connectivity index (χ4n) is 5.41. The Morgan fingerprint density at radius 1 is 0.867 bits per heavy atom. The third kappa shape index (κ3) is 10.5. The lowest BCUT2D eigenvalue weighted by atomic mass is 9.94. The molecule has 3 atom stereocenters. The van der Waals surface area contributed by atoms with E-state index in [-0.39, 0.29) is 23.8 Å². The predicted molar refractivity (Wildman–Crippen MR) is 185 cm³/mol. The summed E-state index contributed by atoms with van der Waals surface area (Å²) in [5.74, 6) is -0.161. The van der Waals surface area contributed by atoms with Crippen molar-refractivity contribution in [3.8, 4) is 0 Å². The number of carbonyl (C=O) groups excluding carboxylic acids is 3. The van der Waals surface area contributed by atoms with Crippen LogP contribution in [-0.4, -0.2) is 40.5 Å². The average Bonchev–Trinajstić information content (AvgIpc) is 2.96. The minimum Gasteiger partial charge on any atom is -0.444 e. The van der Waals surface area contributed by atoms with Gasteiger partial charge in [-0.05, 0) is 98.9 Å². The van der Waals surface area contributed by atoms with Crippen LogP contribution in [0.15, 0.2) is 73.3 Å². The lowest BCUT2D eigenvalue weighted by molar-refractivity contribution is -0.144. The molecule has 0 heterocycles. The van der Waals surface area contributed by atoms with Crippen LogP contribution in [-0.2, 0) is 14.3 Å². The van der Waals surface area contributed by atoms with Gasteiger partial charge in [0.05, 0.1) is 0 Å². The highest BCUT2D eigenvalue weighted by molar-refractivity contribution is 6.00. The van der Waals surface area contributed by atoms with Crippen LogP contribution >= 0.6 is 0 Å². The maximum Gasteiger partial charge on any atom is 0.408 e. The fourth-order valence-corrected chi connectivity index (χ4v) is 5.41. The maximum absolute atomic E-state index is 14.7. The first-order valence-electron chi connectivity index (χ1n) is 16.0. The molecule has 45 heavy (non-hydrogen) atoms. The smallest absolute Gasteiger partial charge is 0.408 e. The van der Waals surface area contributed by atoms with Gasteiger partial charge < -0.3 is 20.3 Å². The highest BCUT2D eigenvalue weighted by atomic mass is 16.6. The molecule has 7 heteroatoms. The summed E-state index contributed by atoms with van der Waals surface area (Å²) in [4.78, 5) is 43.8. The largest absolute Gasteiger partial charge is 0.444 e. The van der Waals surface area contributed by atoms with Crippen molar-refractivity contribution in [1.82, 2.24) is 10.2 Å². The van der Waals surface area contributed by atoms with Crippen LogP contribution in [0.4, 0.5) is 10.5 Å². The monoisotopic (exact) mass is 613 g/mol. The molecule has 0 aliphatic heterocycles. The van der Waals surface area contributed by atoms with Crippen LogP contribution in [0.2, 0.25) is 0 Å². The summed E-state index contributed by atoms with van der Waals surface area (Å²) in [5.41, 5.74) is 1.41. The molecule has 0 spiro atoms. The minimum atomic E-state index is -0.971. The summed E-state index contributed by atoms with van der Waals surface area (Å²) < 4.78 is 5.54. The molecular formula is C38H51N3O4. The Morgan fingerprint density at radius 2 is 1.56 bits per heavy atom. The van der Waals surface area contributed by atoms with Crippen LogP contribution in [0.1, 0.15) is 91.8 Å². The molecule has 0 fully saturated rings. The first-order chi connectivity index (χ1) is 21.2. The number of alkyl carbamates (subject to hydrolysis) is 1. The maximum atomic E-state index is 14.7. The Morgan fingerprint density at radius 3 is 2.18 bits per heavy atom. The lowest BCUT2D eigenvalue weighted by Gasteiger charge is -2.39. The van der Waals surface area contributed by atoms with Crippen molar-refractivity contribution in [2.45, 2.75) is 98.4 Å². The van der Waals surface area contributed by atoms with Gasteiger partial charge in [-0.3, -0.25) is 9.59 Å². The second kappa shape index (κ2) is 15.7. The Bertz CT molecular complexity index is 1470. The first kappa shape index (κ1) is 35.4. The topological polar surface area (TPSA) is 87.7 Å². The van der Waals surface area contributed by atoms with E-state index < -0.39 is 23.8 Å². The zero-order valence-corrected chi connectivity index (χ0v) is 28.2. The van der Waals surface area contributed by atoms with E-state index >= 15 is 0 Å². The van der Waals surface area contributed by atoms with E-state index in [1.54, 1.807) is 31.7 Å². The third-order valence-corrected chi connectivity index (χ3v) is 7.59. The second-order valence-corrected chi connectivity index (χ2v) is 13.7. The number of nitrogens with one attached hydrogen (secondary N) is 2. The second-order valence-electron chi connectivity index (χ2n) is 13.7. The lowest BCUT2D eigenvalue weighted by Crippen LogP contribution is -2.55. The number of rotatable bonds is 13. The number of carbonyl (C=O) groups is 3. The summed E-state index contributed by atoms with van der Waals surface area (Å²) in [6.07, 6.45) is 3.00. The summed E-state index contributed by atoms with van der Waals surface area (Å²) in [6, 6.07) is 19.1. The highest BCUT2D eigenvalue weighted by Gasteiger charge is 2.39. The number of hydrogen-bond acceptors (Lipinski definition) is 4. The number of amides is 3. The zero-order chi connectivity index (χ0) is 33.3. The number of fused-ring (bicyclic) bond motifs is 1. The molecule has 3 aromatic carbocycles. The number of ether oxygens (including phenoxy) is 1. The molecule has 3 unspecified atom stereocenters. The Labute approximate surface area is 269 Å². The van der Waals surface area contributed by atoms with Crippen LogP contribution < -0.4 is 10.6 Å². The summed E-state index contributed by atoms with van der Waals surface area (Å²) in [5, 5.41) is 8.01. The van der Waals surface area contributed by atoms with Crippen molar-refractivity contribution >= 4 is 40.4 Å². The van der Waals surface area contributed by atoms with Gasteiger partial charge in [0.2, 0.25) is 5.91 Å². The molecule has 2 N–H and O–H groups in total. The summed E-state index contributed by atoms with van der Waals surface area (Å²) in [7, 11) is 0. The molecule has 0 saturated carbocycles. The van der Waals surface area contributed by atoms with E-state index in [0.29, 0.717) is 30.0 Å². The van der Waals surface area contributed by atoms with Crippen molar-refractivity contribution in [2.24, 2.45) is 11.8 Å². The molecule has 3 rings (SSSR count). The van der Waals surface area contributed by atoms with Crippen LogP contribution in [0.5, 0.6) is 0 Å². The van der Waals surface area contributed by atoms with Crippen molar-refractivity contribution in [2.75, 3.05) is 5.32 Å². The van der Waals surface area contributed by atoms with Crippen molar-refractivity contribution in [1.29, 1.82) is 0 Å². The van der Waals surface area contributed by atoms with Crippen LogP contribution in [0.25, 0.3) is 16.8 Å². The van der Waals surface area contributed by atoms with Crippen molar-refractivity contribution in [3.05, 3.63) is 84.4 Å². The molecule has 0 aliphatic rings. The molecule has 0 aromatic heterocycles. The quantitative estimate of drug-likeness (QED) is 0.202. The predicted octanol–water partition coefficient (Wildman–Crippen LogP) is 8.76. The van der Waals surface area contributed by atoms with Gasteiger partial charge in [-0.2, -0.15) is 0 Å². The minimum absolute atomic E-state index is 0.0932.